The molecule has 0 aliphatic rings. The Labute approximate surface area is 148 Å². The Kier molecular flexibility index (Phi) is 4.79. The van der Waals surface area contributed by atoms with Crippen LogP contribution in [0.15, 0.2) is 65.6 Å². The van der Waals surface area contributed by atoms with Gasteiger partial charge in [-0.1, -0.05) is 30.3 Å². The fourth-order valence-corrected chi connectivity index (χ4v) is 3.66. The molecule has 4 nitrogen and oxygen atoms in total. The van der Waals surface area contributed by atoms with Crippen LogP contribution in [0.3, 0.4) is 0 Å². The van der Waals surface area contributed by atoms with Gasteiger partial charge in [0.25, 0.3) is 0 Å². The molecule has 5 heteroatoms. The molecule has 1 N–H and O–H groups in total. The summed E-state index contributed by atoms with van der Waals surface area (Å²) >= 11 is 0. The zero-order valence-corrected chi connectivity index (χ0v) is 15.1. The summed E-state index contributed by atoms with van der Waals surface area (Å²) in [5.74, 6) is 0. The van der Waals surface area contributed by atoms with Crippen LogP contribution < -0.4 is 0 Å². The summed E-state index contributed by atoms with van der Waals surface area (Å²) in [5.41, 5.74) is 5.10. The highest BCUT2D eigenvalue weighted by molar-refractivity contribution is 7.90. The van der Waals surface area contributed by atoms with Gasteiger partial charge in [-0.05, 0) is 54.8 Å². The lowest BCUT2D eigenvalue weighted by Crippen LogP contribution is -2.01. The van der Waals surface area contributed by atoms with E-state index >= 15 is 0 Å². The minimum Gasteiger partial charge on any atom is -0.396 e. The van der Waals surface area contributed by atoms with Gasteiger partial charge in [0.2, 0.25) is 0 Å². The van der Waals surface area contributed by atoms with Gasteiger partial charge >= 0.3 is 0 Å². The van der Waals surface area contributed by atoms with Crippen LogP contribution in [0.4, 0.5) is 0 Å². The first kappa shape index (κ1) is 17.5. The summed E-state index contributed by atoms with van der Waals surface area (Å²) in [7, 11) is -3.22. The van der Waals surface area contributed by atoms with Crippen molar-refractivity contribution in [3.8, 4) is 16.9 Å². The summed E-state index contributed by atoms with van der Waals surface area (Å²) in [5, 5.41) is 9.34. The van der Waals surface area contributed by atoms with Gasteiger partial charge in [-0.25, -0.2) is 8.42 Å². The summed E-state index contributed by atoms with van der Waals surface area (Å²) in [6, 6.07) is 19.0. The van der Waals surface area contributed by atoms with Crippen molar-refractivity contribution < 1.29 is 13.5 Å². The first-order chi connectivity index (χ1) is 11.9. The van der Waals surface area contributed by atoms with Gasteiger partial charge in [0.1, 0.15) is 0 Å². The van der Waals surface area contributed by atoms with Crippen molar-refractivity contribution in [3.05, 3.63) is 71.9 Å². The van der Waals surface area contributed by atoms with Gasteiger partial charge in [0, 0.05) is 24.2 Å². The molecule has 0 fully saturated rings. The van der Waals surface area contributed by atoms with Crippen molar-refractivity contribution in [2.45, 2.75) is 18.2 Å². The monoisotopic (exact) mass is 355 g/mol. The normalized spacial score (nSPS) is 11.6. The van der Waals surface area contributed by atoms with Crippen LogP contribution in [0.25, 0.3) is 16.9 Å². The number of benzene rings is 2. The number of aromatic nitrogens is 1. The van der Waals surface area contributed by atoms with E-state index in [0.29, 0.717) is 11.3 Å². The topological polar surface area (TPSA) is 59.3 Å². The number of aliphatic hydroxyl groups is 1. The summed E-state index contributed by atoms with van der Waals surface area (Å²) in [4.78, 5) is 0.307. The van der Waals surface area contributed by atoms with Crippen LogP contribution in [0.2, 0.25) is 0 Å². The van der Waals surface area contributed by atoms with E-state index in [1.807, 2.05) is 49.4 Å². The minimum atomic E-state index is -3.22. The molecule has 0 aliphatic carbocycles. The Morgan fingerprint density at radius 3 is 2.20 bits per heavy atom. The quantitative estimate of drug-likeness (QED) is 0.763. The number of hydrogen-bond donors (Lipinski definition) is 1. The molecular formula is C20H21NO3S. The van der Waals surface area contributed by atoms with Gasteiger partial charge in [0.05, 0.1) is 10.6 Å². The van der Waals surface area contributed by atoms with Gasteiger partial charge in [-0.15, -0.1) is 0 Å². The van der Waals surface area contributed by atoms with Crippen LogP contribution in [-0.2, 0) is 16.3 Å². The van der Waals surface area contributed by atoms with Crippen molar-refractivity contribution >= 4 is 9.84 Å². The van der Waals surface area contributed by atoms with Crippen molar-refractivity contribution in [2.75, 3.05) is 12.9 Å². The number of nitrogens with zero attached hydrogens (tertiary/aromatic N) is 1. The van der Waals surface area contributed by atoms with Crippen LogP contribution in [0.1, 0.15) is 11.3 Å². The molecule has 25 heavy (non-hydrogen) atoms. The van der Waals surface area contributed by atoms with Crippen LogP contribution in [0.5, 0.6) is 0 Å². The molecule has 1 aromatic heterocycles. The second-order valence-corrected chi connectivity index (χ2v) is 8.10. The molecule has 0 unspecified atom stereocenters. The second-order valence-electron chi connectivity index (χ2n) is 6.08. The molecule has 1 heterocycles. The highest BCUT2D eigenvalue weighted by Gasteiger charge is 2.15. The molecule has 3 rings (SSSR count). The molecule has 0 spiro atoms. The smallest absolute Gasteiger partial charge is 0.175 e. The Bertz CT molecular complexity index is 972. The van der Waals surface area contributed by atoms with Gasteiger partial charge < -0.3 is 9.67 Å². The molecule has 2 aromatic carbocycles. The van der Waals surface area contributed by atoms with Crippen molar-refractivity contribution in [1.29, 1.82) is 0 Å². The predicted octanol–water partition coefficient (Wildman–Crippen LogP) is 3.39. The fraction of sp³-hybridized carbons (Fsp3) is 0.200. The van der Waals surface area contributed by atoms with Gasteiger partial charge in [0.15, 0.2) is 9.84 Å². The number of sulfone groups is 1. The largest absolute Gasteiger partial charge is 0.396 e. The molecular weight excluding hydrogens is 334 g/mol. The first-order valence-electron chi connectivity index (χ1n) is 8.10. The van der Waals surface area contributed by atoms with Crippen molar-refractivity contribution in [2.24, 2.45) is 0 Å². The number of aliphatic hydroxyl groups excluding tert-OH is 1. The number of hydrogen-bond acceptors (Lipinski definition) is 3. The maximum absolute atomic E-state index is 11.7. The third-order valence-electron chi connectivity index (χ3n) is 4.33. The predicted molar refractivity (Wildman–Crippen MR) is 99.8 cm³/mol. The third kappa shape index (κ3) is 3.52. The van der Waals surface area contributed by atoms with E-state index in [0.717, 1.165) is 28.2 Å². The van der Waals surface area contributed by atoms with Gasteiger partial charge in [-0.3, -0.25) is 0 Å². The highest BCUT2D eigenvalue weighted by Crippen LogP contribution is 2.30. The molecule has 0 atom stereocenters. The van der Waals surface area contributed by atoms with Crippen LogP contribution >= 0.6 is 0 Å². The average molecular weight is 355 g/mol. The Morgan fingerprint density at radius 1 is 1.00 bits per heavy atom. The molecule has 0 saturated carbocycles. The van der Waals surface area contributed by atoms with Crippen LogP contribution in [0, 0.1) is 6.92 Å². The Hall–Kier alpha value is -2.37. The molecule has 0 radical (unpaired) electrons. The van der Waals surface area contributed by atoms with E-state index in [2.05, 4.69) is 10.6 Å². The molecule has 0 saturated heterocycles. The number of para-hydroxylation sites is 1. The fourth-order valence-electron chi connectivity index (χ4n) is 3.03. The molecule has 0 aliphatic heterocycles. The standard InChI is InChI=1S/C20H21NO3S/c1-15-17(12-13-22)14-20(21(15)18-6-4-3-5-7-18)16-8-10-19(11-9-16)25(2,23)24/h3-11,14,22H,12-13H2,1-2H3. The summed E-state index contributed by atoms with van der Waals surface area (Å²) < 4.78 is 25.5. The third-order valence-corrected chi connectivity index (χ3v) is 5.45. The molecule has 0 bridgehead atoms. The average Bonchev–Trinajstić information content (AvgIpc) is 2.92. The lowest BCUT2D eigenvalue weighted by atomic mass is 10.1. The maximum Gasteiger partial charge on any atom is 0.175 e. The number of rotatable bonds is 5. The minimum absolute atomic E-state index is 0.0894. The maximum atomic E-state index is 11.7. The summed E-state index contributed by atoms with van der Waals surface area (Å²) in [6.07, 6.45) is 1.79. The van der Waals surface area contributed by atoms with Crippen molar-refractivity contribution in [3.63, 3.8) is 0 Å². The van der Waals surface area contributed by atoms with E-state index in [1.54, 1.807) is 12.1 Å². The SMILES string of the molecule is Cc1c(CCO)cc(-c2ccc(S(C)(=O)=O)cc2)n1-c1ccccc1. The zero-order chi connectivity index (χ0) is 18.0. The summed E-state index contributed by atoms with van der Waals surface area (Å²) in [6.45, 7) is 2.12. The second kappa shape index (κ2) is 6.86. The van der Waals surface area contributed by atoms with Crippen LogP contribution in [-0.4, -0.2) is 31.0 Å². The first-order valence-corrected chi connectivity index (χ1v) is 9.99. The van der Waals surface area contributed by atoms with E-state index in [4.69, 9.17) is 0 Å². The lowest BCUT2D eigenvalue weighted by Gasteiger charge is -2.12. The van der Waals surface area contributed by atoms with Crippen molar-refractivity contribution in [1.82, 2.24) is 4.57 Å². The molecule has 3 aromatic rings. The van der Waals surface area contributed by atoms with E-state index in [9.17, 15) is 13.5 Å². The zero-order valence-electron chi connectivity index (χ0n) is 14.3. The Balaban J connectivity index is 2.17. The van der Waals surface area contributed by atoms with E-state index < -0.39 is 9.84 Å². The molecule has 130 valence electrons. The van der Waals surface area contributed by atoms with E-state index in [1.165, 1.54) is 6.26 Å². The Morgan fingerprint density at radius 2 is 1.64 bits per heavy atom. The lowest BCUT2D eigenvalue weighted by molar-refractivity contribution is 0.299. The van der Waals surface area contributed by atoms with Gasteiger partial charge in [-0.2, -0.15) is 0 Å². The molecule has 0 amide bonds. The highest BCUT2D eigenvalue weighted by atomic mass is 32.2. The van der Waals surface area contributed by atoms with E-state index in [-0.39, 0.29) is 6.61 Å².